The first kappa shape index (κ1) is 16.8. The maximum absolute atomic E-state index is 12.7. The fraction of sp³-hybridized carbons (Fsp3) is 0.316. The van der Waals surface area contributed by atoms with Gasteiger partial charge in [-0.15, -0.1) is 0 Å². The predicted octanol–water partition coefficient (Wildman–Crippen LogP) is 3.73. The van der Waals surface area contributed by atoms with E-state index in [0.717, 1.165) is 21.8 Å². The average Bonchev–Trinajstić information content (AvgIpc) is 2.61. The average molecular weight is 345 g/mol. The van der Waals surface area contributed by atoms with Crippen LogP contribution in [-0.4, -0.2) is 37.1 Å². The van der Waals surface area contributed by atoms with Gasteiger partial charge in [-0.3, -0.25) is 4.79 Å². The molecule has 0 atom stereocenters. The first-order valence-corrected chi connectivity index (χ1v) is 8.48. The molecule has 4 nitrogen and oxygen atoms in total. The predicted molar refractivity (Wildman–Crippen MR) is 96.7 cm³/mol. The molecule has 0 unspecified atom stereocenters. The summed E-state index contributed by atoms with van der Waals surface area (Å²) in [5, 5.41) is 4.08. The Kier molecular flexibility index (Phi) is 5.38. The molecule has 1 amide bonds. The minimum Gasteiger partial charge on any atom is -0.380 e. The van der Waals surface area contributed by atoms with Gasteiger partial charge in [0.1, 0.15) is 0 Å². The molecule has 5 heteroatoms. The van der Waals surface area contributed by atoms with Crippen LogP contribution in [0.1, 0.15) is 21.5 Å². The quantitative estimate of drug-likeness (QED) is 0.918. The maximum atomic E-state index is 12.7. The van der Waals surface area contributed by atoms with Gasteiger partial charge in [-0.05, 0) is 36.2 Å². The summed E-state index contributed by atoms with van der Waals surface area (Å²) in [7, 11) is 0. The summed E-state index contributed by atoms with van der Waals surface area (Å²) in [6, 6.07) is 13.6. The number of carbonyl (C=O) groups excluding carboxylic acids is 1. The van der Waals surface area contributed by atoms with Crippen LogP contribution in [0.25, 0.3) is 0 Å². The fourth-order valence-electron chi connectivity index (χ4n) is 2.75. The summed E-state index contributed by atoms with van der Waals surface area (Å²) in [6.45, 7) is 5.06. The van der Waals surface area contributed by atoms with E-state index in [2.05, 4.69) is 5.32 Å². The topological polar surface area (TPSA) is 41.6 Å². The number of halogens is 1. The number of hydrogen-bond acceptors (Lipinski definition) is 3. The lowest BCUT2D eigenvalue weighted by atomic mass is 10.1. The van der Waals surface area contributed by atoms with Gasteiger partial charge in [-0.1, -0.05) is 35.9 Å². The maximum Gasteiger partial charge on any atom is 0.256 e. The monoisotopic (exact) mass is 344 g/mol. The Bertz CT molecular complexity index is 727. The van der Waals surface area contributed by atoms with Gasteiger partial charge in [0.05, 0.1) is 18.8 Å². The summed E-state index contributed by atoms with van der Waals surface area (Å²) in [6.07, 6.45) is 0. The van der Waals surface area contributed by atoms with Crippen LogP contribution in [0.2, 0.25) is 5.02 Å². The Morgan fingerprint density at radius 3 is 2.71 bits per heavy atom. The highest BCUT2D eigenvalue weighted by Crippen LogP contribution is 2.22. The molecule has 0 spiro atoms. The third-order valence-electron chi connectivity index (χ3n) is 4.13. The summed E-state index contributed by atoms with van der Waals surface area (Å²) >= 11 is 6.29. The lowest BCUT2D eigenvalue weighted by Crippen LogP contribution is -2.40. The molecular weight excluding hydrogens is 324 g/mol. The number of amides is 1. The number of benzene rings is 2. The molecule has 2 aromatic carbocycles. The summed E-state index contributed by atoms with van der Waals surface area (Å²) in [4.78, 5) is 14.6. The Labute approximate surface area is 147 Å². The highest BCUT2D eigenvalue weighted by atomic mass is 35.5. The van der Waals surface area contributed by atoms with Crippen molar-refractivity contribution in [1.82, 2.24) is 4.90 Å². The molecule has 1 aliphatic rings. The second kappa shape index (κ2) is 7.69. The van der Waals surface area contributed by atoms with Crippen LogP contribution < -0.4 is 5.32 Å². The molecule has 0 radical (unpaired) electrons. The Hall–Kier alpha value is -2.04. The van der Waals surface area contributed by atoms with Crippen molar-refractivity contribution in [2.24, 2.45) is 0 Å². The Morgan fingerprint density at radius 1 is 1.21 bits per heavy atom. The Morgan fingerprint density at radius 2 is 1.96 bits per heavy atom. The molecule has 1 N–H and O–H groups in total. The molecule has 1 heterocycles. The van der Waals surface area contributed by atoms with Crippen LogP contribution >= 0.6 is 11.6 Å². The number of aryl methyl sites for hydroxylation is 1. The van der Waals surface area contributed by atoms with Crippen molar-refractivity contribution in [3.05, 3.63) is 64.2 Å². The van der Waals surface area contributed by atoms with Crippen LogP contribution in [0.3, 0.4) is 0 Å². The fourth-order valence-corrected chi connectivity index (χ4v) is 3.05. The number of hydrogen-bond donors (Lipinski definition) is 1. The smallest absolute Gasteiger partial charge is 0.256 e. The summed E-state index contributed by atoms with van der Waals surface area (Å²) < 4.78 is 5.32. The SMILES string of the molecule is Cc1ccc(CNc2ccccc2C(=O)N2CCOCC2)c(Cl)c1. The largest absolute Gasteiger partial charge is 0.380 e. The van der Waals surface area contributed by atoms with Gasteiger partial charge in [0.25, 0.3) is 5.91 Å². The van der Waals surface area contributed by atoms with Gasteiger partial charge in [0, 0.05) is 30.3 Å². The van der Waals surface area contributed by atoms with Gasteiger partial charge in [0.15, 0.2) is 0 Å². The molecule has 1 aliphatic heterocycles. The van der Waals surface area contributed by atoms with Gasteiger partial charge in [0.2, 0.25) is 0 Å². The number of rotatable bonds is 4. The number of anilines is 1. The second-order valence-corrected chi connectivity index (χ2v) is 6.31. The van der Waals surface area contributed by atoms with Crippen LogP contribution in [-0.2, 0) is 11.3 Å². The number of nitrogens with zero attached hydrogens (tertiary/aromatic N) is 1. The van der Waals surface area contributed by atoms with E-state index in [1.807, 2.05) is 54.3 Å². The van der Waals surface area contributed by atoms with Gasteiger partial charge < -0.3 is 15.0 Å². The van der Waals surface area contributed by atoms with Crippen molar-refractivity contribution in [2.75, 3.05) is 31.6 Å². The number of carbonyl (C=O) groups is 1. The highest BCUT2D eigenvalue weighted by Gasteiger charge is 2.20. The number of nitrogens with one attached hydrogen (secondary N) is 1. The van der Waals surface area contributed by atoms with E-state index in [1.165, 1.54) is 0 Å². The molecule has 1 fully saturated rings. The lowest BCUT2D eigenvalue weighted by molar-refractivity contribution is 0.0303. The van der Waals surface area contributed by atoms with Crippen molar-refractivity contribution < 1.29 is 9.53 Å². The number of para-hydroxylation sites is 1. The van der Waals surface area contributed by atoms with Crippen LogP contribution in [0, 0.1) is 6.92 Å². The third kappa shape index (κ3) is 3.89. The van der Waals surface area contributed by atoms with Crippen molar-refractivity contribution in [3.8, 4) is 0 Å². The number of morpholine rings is 1. The minimum absolute atomic E-state index is 0.0383. The molecule has 0 saturated carbocycles. The first-order chi connectivity index (χ1) is 11.6. The Balaban J connectivity index is 1.75. The van der Waals surface area contributed by atoms with E-state index in [1.54, 1.807) is 0 Å². The molecule has 0 aliphatic carbocycles. The molecule has 0 bridgehead atoms. The zero-order valence-corrected chi connectivity index (χ0v) is 14.5. The van der Waals surface area contributed by atoms with Crippen LogP contribution in [0.15, 0.2) is 42.5 Å². The minimum atomic E-state index is 0.0383. The van der Waals surface area contributed by atoms with Gasteiger partial charge in [-0.25, -0.2) is 0 Å². The third-order valence-corrected chi connectivity index (χ3v) is 4.49. The molecule has 126 valence electrons. The van der Waals surface area contributed by atoms with Crippen molar-refractivity contribution in [1.29, 1.82) is 0 Å². The summed E-state index contributed by atoms with van der Waals surface area (Å²) in [5.74, 6) is 0.0383. The first-order valence-electron chi connectivity index (χ1n) is 8.10. The molecule has 1 saturated heterocycles. The zero-order chi connectivity index (χ0) is 16.9. The highest BCUT2D eigenvalue weighted by molar-refractivity contribution is 6.31. The van der Waals surface area contributed by atoms with E-state index in [-0.39, 0.29) is 5.91 Å². The molecule has 24 heavy (non-hydrogen) atoms. The van der Waals surface area contributed by atoms with Crippen molar-refractivity contribution >= 4 is 23.2 Å². The van der Waals surface area contributed by atoms with Gasteiger partial charge >= 0.3 is 0 Å². The van der Waals surface area contributed by atoms with Crippen molar-refractivity contribution in [3.63, 3.8) is 0 Å². The second-order valence-electron chi connectivity index (χ2n) is 5.90. The summed E-state index contributed by atoms with van der Waals surface area (Å²) in [5.41, 5.74) is 3.65. The molecule has 0 aromatic heterocycles. The van der Waals surface area contributed by atoms with E-state index in [9.17, 15) is 4.79 Å². The number of ether oxygens (including phenoxy) is 1. The zero-order valence-electron chi connectivity index (χ0n) is 13.7. The normalized spacial score (nSPS) is 14.5. The van der Waals surface area contributed by atoms with E-state index in [0.29, 0.717) is 38.4 Å². The van der Waals surface area contributed by atoms with E-state index < -0.39 is 0 Å². The van der Waals surface area contributed by atoms with E-state index >= 15 is 0 Å². The van der Waals surface area contributed by atoms with Crippen LogP contribution in [0.4, 0.5) is 5.69 Å². The van der Waals surface area contributed by atoms with Crippen LogP contribution in [0.5, 0.6) is 0 Å². The van der Waals surface area contributed by atoms with Gasteiger partial charge in [-0.2, -0.15) is 0 Å². The molecular formula is C19H21ClN2O2. The standard InChI is InChI=1S/C19H21ClN2O2/c1-14-6-7-15(17(20)12-14)13-21-18-5-3-2-4-16(18)19(23)22-8-10-24-11-9-22/h2-7,12,21H,8-11,13H2,1H3. The van der Waals surface area contributed by atoms with Crippen molar-refractivity contribution in [2.45, 2.75) is 13.5 Å². The molecule has 2 aromatic rings. The lowest BCUT2D eigenvalue weighted by Gasteiger charge is -2.27. The van der Waals surface area contributed by atoms with E-state index in [4.69, 9.17) is 16.3 Å². The molecule has 3 rings (SSSR count).